The van der Waals surface area contributed by atoms with Crippen LogP contribution >= 0.6 is 0 Å². The second-order valence-corrected chi connectivity index (χ2v) is 9.84. The number of methoxy groups -OCH3 is 1. The summed E-state index contributed by atoms with van der Waals surface area (Å²) in [5, 5.41) is 2.67. The first-order valence-corrected chi connectivity index (χ1v) is 11.6. The lowest BCUT2D eigenvalue weighted by Crippen LogP contribution is -2.20. The zero-order chi connectivity index (χ0) is 24.1. The Labute approximate surface area is 193 Å². The molecule has 2 N–H and O–H groups in total. The molecule has 0 atom stereocenters. The molecule has 0 fully saturated rings. The van der Waals surface area contributed by atoms with Crippen LogP contribution in [0.1, 0.15) is 26.3 Å². The highest BCUT2D eigenvalue weighted by Gasteiger charge is 2.18. The van der Waals surface area contributed by atoms with Crippen LogP contribution in [0.2, 0.25) is 0 Å². The number of sulfonamides is 1. The van der Waals surface area contributed by atoms with Crippen molar-refractivity contribution in [3.63, 3.8) is 0 Å². The van der Waals surface area contributed by atoms with E-state index in [0.717, 1.165) is 0 Å². The highest BCUT2D eigenvalue weighted by molar-refractivity contribution is 7.92. The van der Waals surface area contributed by atoms with Crippen LogP contribution in [0.4, 0.5) is 11.5 Å². The van der Waals surface area contributed by atoms with Crippen molar-refractivity contribution in [3.05, 3.63) is 66.5 Å². The van der Waals surface area contributed by atoms with E-state index in [-0.39, 0.29) is 34.5 Å². The number of amides is 1. The summed E-state index contributed by atoms with van der Waals surface area (Å²) in [4.78, 5) is 20.0. The van der Waals surface area contributed by atoms with Crippen molar-refractivity contribution in [2.45, 2.75) is 31.1 Å². The van der Waals surface area contributed by atoms with E-state index in [4.69, 9.17) is 9.47 Å². The Morgan fingerprint density at radius 3 is 2.21 bits per heavy atom. The van der Waals surface area contributed by atoms with E-state index in [9.17, 15) is 13.2 Å². The van der Waals surface area contributed by atoms with Crippen molar-refractivity contribution in [1.29, 1.82) is 0 Å². The summed E-state index contributed by atoms with van der Waals surface area (Å²) in [7, 11) is -2.56. The van der Waals surface area contributed by atoms with Crippen LogP contribution < -0.4 is 19.5 Å². The van der Waals surface area contributed by atoms with Crippen LogP contribution in [0.25, 0.3) is 0 Å². The van der Waals surface area contributed by atoms with E-state index in [1.165, 1.54) is 49.3 Å². The fraction of sp³-hybridized carbons (Fsp3) is 0.261. The van der Waals surface area contributed by atoms with Gasteiger partial charge in [0.15, 0.2) is 6.61 Å². The van der Waals surface area contributed by atoms with Gasteiger partial charge in [-0.05, 0) is 47.4 Å². The van der Waals surface area contributed by atoms with Crippen molar-refractivity contribution in [2.75, 3.05) is 23.8 Å². The van der Waals surface area contributed by atoms with Crippen LogP contribution in [-0.2, 0) is 20.2 Å². The molecule has 0 bridgehead atoms. The lowest BCUT2D eigenvalue weighted by atomic mass is 9.87. The third-order valence-corrected chi connectivity index (χ3v) is 5.98. The van der Waals surface area contributed by atoms with Crippen molar-refractivity contribution in [1.82, 2.24) is 9.97 Å². The topological polar surface area (TPSA) is 120 Å². The number of nitrogens with one attached hydrogen (secondary N) is 2. The molecule has 1 heterocycles. The van der Waals surface area contributed by atoms with Crippen molar-refractivity contribution in [2.24, 2.45) is 0 Å². The van der Waals surface area contributed by atoms with Crippen molar-refractivity contribution < 1.29 is 22.7 Å². The molecule has 0 aliphatic rings. The Balaban J connectivity index is 1.58. The minimum atomic E-state index is -3.92. The molecule has 0 saturated carbocycles. The number of nitrogens with zero attached hydrogens (tertiary/aromatic N) is 2. The second-order valence-electron chi connectivity index (χ2n) is 8.16. The number of carbonyl (C=O) groups is 1. The summed E-state index contributed by atoms with van der Waals surface area (Å²) in [5.74, 6) is 0.251. The molecule has 10 heteroatoms. The van der Waals surface area contributed by atoms with Crippen LogP contribution in [0.15, 0.2) is 65.8 Å². The maximum absolute atomic E-state index is 12.6. The predicted octanol–water partition coefficient (Wildman–Crippen LogP) is 3.60. The average molecular weight is 471 g/mol. The molecule has 0 aliphatic heterocycles. The molecule has 2 aromatic carbocycles. The van der Waals surface area contributed by atoms with E-state index < -0.39 is 10.0 Å². The minimum absolute atomic E-state index is 0.0107. The van der Waals surface area contributed by atoms with Crippen LogP contribution in [0.5, 0.6) is 11.6 Å². The zero-order valence-electron chi connectivity index (χ0n) is 18.8. The molecule has 0 spiro atoms. The first kappa shape index (κ1) is 24.0. The van der Waals surface area contributed by atoms with Crippen molar-refractivity contribution >= 4 is 27.4 Å². The monoisotopic (exact) mass is 470 g/mol. The first-order valence-electron chi connectivity index (χ1n) is 10.1. The Morgan fingerprint density at radius 2 is 1.61 bits per heavy atom. The molecule has 3 aromatic rings. The number of hydrogen-bond donors (Lipinski definition) is 2. The maximum atomic E-state index is 12.6. The summed E-state index contributed by atoms with van der Waals surface area (Å²) in [6, 6.07) is 13.3. The van der Waals surface area contributed by atoms with Gasteiger partial charge >= 0.3 is 0 Å². The van der Waals surface area contributed by atoms with E-state index >= 15 is 0 Å². The molecule has 1 aromatic heterocycles. The largest absolute Gasteiger partial charge is 0.484 e. The van der Waals surface area contributed by atoms with Gasteiger partial charge in [0.2, 0.25) is 5.82 Å². The number of aromatic nitrogens is 2. The molecule has 1 amide bonds. The highest BCUT2D eigenvalue weighted by Crippen LogP contribution is 2.24. The lowest BCUT2D eigenvalue weighted by Gasteiger charge is -2.19. The number of rotatable bonds is 8. The summed E-state index contributed by atoms with van der Waals surface area (Å²) in [6.45, 7) is 6.18. The lowest BCUT2D eigenvalue weighted by molar-refractivity contribution is -0.118. The number of carbonyl (C=O) groups excluding carboxylic acids is 1. The van der Waals surface area contributed by atoms with Gasteiger partial charge in [0.25, 0.3) is 21.8 Å². The van der Waals surface area contributed by atoms with E-state index in [1.54, 1.807) is 0 Å². The second kappa shape index (κ2) is 9.86. The van der Waals surface area contributed by atoms with Gasteiger partial charge < -0.3 is 14.8 Å². The van der Waals surface area contributed by atoms with E-state index in [2.05, 4.69) is 40.8 Å². The summed E-state index contributed by atoms with van der Waals surface area (Å²) in [6.07, 6.45) is 2.73. The molecule has 3 rings (SSSR count). The van der Waals surface area contributed by atoms with Crippen molar-refractivity contribution in [3.8, 4) is 11.6 Å². The third kappa shape index (κ3) is 6.42. The summed E-state index contributed by atoms with van der Waals surface area (Å²) < 4.78 is 38.1. The Morgan fingerprint density at radius 1 is 0.970 bits per heavy atom. The molecule has 9 nitrogen and oxygen atoms in total. The molecule has 0 saturated heterocycles. The quantitative estimate of drug-likeness (QED) is 0.516. The average Bonchev–Trinajstić information content (AvgIpc) is 2.78. The third-order valence-electron chi connectivity index (χ3n) is 4.63. The molecule has 0 radical (unpaired) electrons. The minimum Gasteiger partial charge on any atom is -0.484 e. The van der Waals surface area contributed by atoms with Crippen LogP contribution in [0, 0.1) is 0 Å². The number of hydrogen-bond acceptors (Lipinski definition) is 7. The standard InChI is InChI=1S/C23H26N4O5S/c1-23(2,3)16-5-9-18(10-6-16)32-15-20(28)26-17-7-11-19(12-8-17)33(29,30)27-21-22(31-4)25-14-13-24-21/h5-14H,15H2,1-4H3,(H,24,27)(H,26,28). The molecule has 174 valence electrons. The first-order chi connectivity index (χ1) is 15.6. The van der Waals surface area contributed by atoms with Gasteiger partial charge in [-0.2, -0.15) is 0 Å². The van der Waals surface area contributed by atoms with Gasteiger partial charge in [-0.1, -0.05) is 32.9 Å². The Kier molecular flexibility index (Phi) is 7.17. The van der Waals surface area contributed by atoms with Crippen LogP contribution in [-0.4, -0.2) is 38.0 Å². The number of benzene rings is 2. The Hall–Kier alpha value is -3.66. The Bertz CT molecular complexity index is 1200. The van der Waals surface area contributed by atoms with Gasteiger partial charge in [0, 0.05) is 18.1 Å². The van der Waals surface area contributed by atoms with Crippen LogP contribution in [0.3, 0.4) is 0 Å². The van der Waals surface area contributed by atoms with Gasteiger partial charge in [-0.25, -0.2) is 18.4 Å². The summed E-state index contributed by atoms with van der Waals surface area (Å²) in [5.41, 5.74) is 1.63. The SMILES string of the molecule is COc1nccnc1NS(=O)(=O)c1ccc(NC(=O)COc2ccc(C(C)(C)C)cc2)cc1. The number of anilines is 2. The van der Waals surface area contributed by atoms with Gasteiger partial charge in [0.05, 0.1) is 12.0 Å². The molecular formula is C23H26N4O5S. The smallest absolute Gasteiger partial charge is 0.263 e. The molecule has 33 heavy (non-hydrogen) atoms. The summed E-state index contributed by atoms with van der Waals surface area (Å²) >= 11 is 0. The van der Waals surface area contributed by atoms with Gasteiger partial charge in [-0.15, -0.1) is 0 Å². The van der Waals surface area contributed by atoms with Gasteiger partial charge in [-0.3, -0.25) is 9.52 Å². The van der Waals surface area contributed by atoms with E-state index in [1.807, 2.05) is 24.3 Å². The maximum Gasteiger partial charge on any atom is 0.263 e. The molecule has 0 aliphatic carbocycles. The normalized spacial score (nSPS) is 11.5. The predicted molar refractivity (Wildman–Crippen MR) is 125 cm³/mol. The van der Waals surface area contributed by atoms with Gasteiger partial charge in [0.1, 0.15) is 5.75 Å². The fourth-order valence-electron chi connectivity index (χ4n) is 2.85. The molecular weight excluding hydrogens is 444 g/mol. The number of ether oxygens (including phenoxy) is 2. The fourth-order valence-corrected chi connectivity index (χ4v) is 3.85. The molecule has 0 unspecified atom stereocenters. The van der Waals surface area contributed by atoms with E-state index in [0.29, 0.717) is 11.4 Å². The highest BCUT2D eigenvalue weighted by atomic mass is 32.2. The zero-order valence-corrected chi connectivity index (χ0v) is 19.6.